The smallest absolute Gasteiger partial charge is 0.285 e. The highest BCUT2D eigenvalue weighted by Gasteiger charge is 2.35. The lowest BCUT2D eigenvalue weighted by Crippen LogP contribution is -2.33. The van der Waals surface area contributed by atoms with Crippen LogP contribution in [0.15, 0.2) is 30.3 Å². The number of likely N-dealkylation sites (tertiary alicyclic amines) is 1. The van der Waals surface area contributed by atoms with Gasteiger partial charge in [-0.1, -0.05) is 30.3 Å². The van der Waals surface area contributed by atoms with Crippen LogP contribution in [-0.2, 0) is 5.92 Å². The second-order valence-corrected chi connectivity index (χ2v) is 4.81. The molecule has 0 radical (unpaired) electrons. The fourth-order valence-corrected chi connectivity index (χ4v) is 2.28. The Morgan fingerprint density at radius 1 is 1.31 bits per heavy atom. The second kappa shape index (κ2) is 4.68. The minimum absolute atomic E-state index is 0.0200. The van der Waals surface area contributed by atoms with Crippen LogP contribution in [-0.4, -0.2) is 29.9 Å². The molecule has 0 N–H and O–H groups in total. The first-order valence-corrected chi connectivity index (χ1v) is 5.81. The Balaban J connectivity index is 2.03. The van der Waals surface area contributed by atoms with Crippen LogP contribution in [0.3, 0.4) is 0 Å². The summed E-state index contributed by atoms with van der Waals surface area (Å²) in [6, 6.07) is 7.95. The molecule has 2 rings (SSSR count). The van der Waals surface area contributed by atoms with Gasteiger partial charge < -0.3 is 0 Å². The molecule has 4 heteroatoms. The molecule has 1 unspecified atom stereocenters. The molecule has 0 bridgehead atoms. The van der Waals surface area contributed by atoms with E-state index >= 15 is 0 Å². The third-order valence-corrected chi connectivity index (χ3v) is 3.19. The first-order chi connectivity index (χ1) is 7.58. The van der Waals surface area contributed by atoms with Crippen LogP contribution in [0.1, 0.15) is 12.0 Å². The lowest BCUT2D eigenvalue weighted by atomic mass is 10.1. The highest BCUT2D eigenvalue weighted by atomic mass is 35.5. The molecular formula is C12H14ClF2N. The lowest BCUT2D eigenvalue weighted by Gasteiger charge is -2.23. The van der Waals surface area contributed by atoms with E-state index in [1.807, 2.05) is 0 Å². The van der Waals surface area contributed by atoms with E-state index in [0.29, 0.717) is 13.1 Å². The van der Waals surface area contributed by atoms with Crippen molar-refractivity contribution in [1.82, 2.24) is 4.90 Å². The van der Waals surface area contributed by atoms with Gasteiger partial charge >= 0.3 is 0 Å². The van der Waals surface area contributed by atoms with Crippen LogP contribution in [0.25, 0.3) is 0 Å². The first kappa shape index (κ1) is 11.8. The summed E-state index contributed by atoms with van der Waals surface area (Å²) in [7, 11) is 0. The van der Waals surface area contributed by atoms with Gasteiger partial charge in [-0.15, -0.1) is 11.6 Å². The monoisotopic (exact) mass is 245 g/mol. The maximum atomic E-state index is 13.9. The zero-order valence-corrected chi connectivity index (χ0v) is 9.63. The quantitative estimate of drug-likeness (QED) is 0.740. The molecule has 1 fully saturated rings. The predicted octanol–water partition coefficient (Wildman–Crippen LogP) is 3.09. The van der Waals surface area contributed by atoms with E-state index < -0.39 is 5.92 Å². The Kier molecular flexibility index (Phi) is 3.45. The van der Waals surface area contributed by atoms with Crippen LogP contribution in [0, 0.1) is 0 Å². The molecule has 88 valence electrons. The maximum Gasteiger partial charge on any atom is 0.285 e. The molecule has 0 amide bonds. The second-order valence-electron chi connectivity index (χ2n) is 4.19. The van der Waals surface area contributed by atoms with Gasteiger partial charge in [-0.05, 0) is 13.0 Å². The van der Waals surface area contributed by atoms with Crippen LogP contribution < -0.4 is 0 Å². The van der Waals surface area contributed by atoms with Gasteiger partial charge in [-0.2, -0.15) is 8.78 Å². The molecule has 1 aliphatic rings. The molecule has 0 aliphatic carbocycles. The van der Waals surface area contributed by atoms with Crippen molar-refractivity contribution in [3.8, 4) is 0 Å². The molecule has 0 aromatic heterocycles. The van der Waals surface area contributed by atoms with Crippen molar-refractivity contribution in [2.24, 2.45) is 0 Å². The van der Waals surface area contributed by atoms with Gasteiger partial charge in [-0.3, -0.25) is 4.90 Å². The molecule has 1 nitrogen and oxygen atoms in total. The highest BCUT2D eigenvalue weighted by molar-refractivity contribution is 6.20. The van der Waals surface area contributed by atoms with Crippen LogP contribution in [0.2, 0.25) is 0 Å². The summed E-state index contributed by atoms with van der Waals surface area (Å²) in [5.74, 6) is -2.79. The van der Waals surface area contributed by atoms with E-state index in [0.717, 1.165) is 6.42 Å². The van der Waals surface area contributed by atoms with Gasteiger partial charge in [0.1, 0.15) is 0 Å². The average Bonchev–Trinajstić information content (AvgIpc) is 2.64. The van der Waals surface area contributed by atoms with Crippen molar-refractivity contribution >= 4 is 11.6 Å². The zero-order valence-electron chi connectivity index (χ0n) is 8.87. The Morgan fingerprint density at radius 3 is 2.56 bits per heavy atom. The molecule has 16 heavy (non-hydrogen) atoms. The van der Waals surface area contributed by atoms with Crippen molar-refractivity contribution < 1.29 is 8.78 Å². The van der Waals surface area contributed by atoms with E-state index in [4.69, 9.17) is 11.6 Å². The standard InChI is InChI=1S/C12H14ClF2N/c13-11-6-7-16(8-11)9-12(14,15)10-4-2-1-3-5-10/h1-5,11H,6-9H2. The van der Waals surface area contributed by atoms with Gasteiger partial charge in [0, 0.05) is 17.5 Å². The van der Waals surface area contributed by atoms with E-state index in [-0.39, 0.29) is 17.5 Å². The van der Waals surface area contributed by atoms with Crippen molar-refractivity contribution in [3.63, 3.8) is 0 Å². The SMILES string of the molecule is FC(F)(CN1CCC(Cl)C1)c1ccccc1. The Hall–Kier alpha value is -0.670. The Morgan fingerprint density at radius 2 is 2.00 bits per heavy atom. The van der Waals surface area contributed by atoms with Crippen LogP contribution in [0.5, 0.6) is 0 Å². The maximum absolute atomic E-state index is 13.9. The zero-order chi connectivity index (χ0) is 11.6. The average molecular weight is 246 g/mol. The summed E-state index contributed by atoms with van der Waals surface area (Å²) < 4.78 is 27.7. The van der Waals surface area contributed by atoms with E-state index in [1.54, 1.807) is 23.1 Å². The Bertz CT molecular complexity index is 342. The van der Waals surface area contributed by atoms with Crippen molar-refractivity contribution in [1.29, 1.82) is 0 Å². The number of benzene rings is 1. The summed E-state index contributed by atoms with van der Waals surface area (Å²) >= 11 is 5.90. The topological polar surface area (TPSA) is 3.24 Å². The van der Waals surface area contributed by atoms with Crippen LogP contribution >= 0.6 is 11.6 Å². The van der Waals surface area contributed by atoms with Crippen LogP contribution in [0.4, 0.5) is 8.78 Å². The Labute approximate surface area is 99.0 Å². The molecule has 1 aromatic carbocycles. The molecule has 0 spiro atoms. The number of rotatable bonds is 3. The minimum atomic E-state index is -2.79. The summed E-state index contributed by atoms with van der Waals surface area (Å²) in [4.78, 5) is 1.73. The molecule has 1 heterocycles. The summed E-state index contributed by atoms with van der Waals surface area (Å²) in [5.41, 5.74) is 0.0769. The number of hydrogen-bond acceptors (Lipinski definition) is 1. The summed E-state index contributed by atoms with van der Waals surface area (Å²) in [6.07, 6.45) is 0.798. The molecule has 1 atom stereocenters. The molecular weight excluding hydrogens is 232 g/mol. The third-order valence-electron chi connectivity index (χ3n) is 2.83. The van der Waals surface area contributed by atoms with Crippen molar-refractivity contribution in [3.05, 3.63) is 35.9 Å². The van der Waals surface area contributed by atoms with Gasteiger partial charge in [-0.25, -0.2) is 0 Å². The van der Waals surface area contributed by atoms with Crippen molar-refractivity contribution in [2.45, 2.75) is 17.7 Å². The number of halogens is 3. The summed E-state index contributed by atoms with van der Waals surface area (Å²) in [6.45, 7) is 0.987. The fourth-order valence-electron chi connectivity index (χ4n) is 1.98. The lowest BCUT2D eigenvalue weighted by molar-refractivity contribution is -0.0327. The molecule has 1 aromatic rings. The number of nitrogens with zero attached hydrogens (tertiary/aromatic N) is 1. The number of alkyl halides is 3. The molecule has 1 aliphatic heterocycles. The van der Waals surface area contributed by atoms with E-state index in [1.165, 1.54) is 12.1 Å². The third kappa shape index (κ3) is 2.71. The van der Waals surface area contributed by atoms with E-state index in [2.05, 4.69) is 0 Å². The first-order valence-electron chi connectivity index (χ1n) is 5.38. The minimum Gasteiger partial charge on any atom is -0.296 e. The highest BCUT2D eigenvalue weighted by Crippen LogP contribution is 2.30. The van der Waals surface area contributed by atoms with Gasteiger partial charge in [0.2, 0.25) is 0 Å². The van der Waals surface area contributed by atoms with Gasteiger partial charge in [0.05, 0.1) is 6.54 Å². The fraction of sp³-hybridized carbons (Fsp3) is 0.500. The molecule has 0 saturated carbocycles. The van der Waals surface area contributed by atoms with Gasteiger partial charge in [0.25, 0.3) is 5.92 Å². The normalized spacial score (nSPS) is 22.6. The number of hydrogen-bond donors (Lipinski definition) is 0. The van der Waals surface area contributed by atoms with E-state index in [9.17, 15) is 8.78 Å². The summed E-state index contributed by atoms with van der Waals surface area (Å²) in [5, 5.41) is 0.0200. The largest absolute Gasteiger partial charge is 0.296 e. The predicted molar refractivity (Wildman–Crippen MR) is 61.0 cm³/mol. The van der Waals surface area contributed by atoms with Gasteiger partial charge in [0.15, 0.2) is 0 Å². The van der Waals surface area contributed by atoms with Crippen molar-refractivity contribution in [2.75, 3.05) is 19.6 Å². The molecule has 1 saturated heterocycles.